The molecule has 0 saturated heterocycles. The highest BCUT2D eigenvalue weighted by Gasteiger charge is 2.17. The Kier molecular flexibility index (Phi) is 5.51. The van der Waals surface area contributed by atoms with Gasteiger partial charge in [-0.25, -0.2) is 15.0 Å². The van der Waals surface area contributed by atoms with Gasteiger partial charge in [0.05, 0.1) is 6.20 Å². The molecule has 218 valence electrons. The Labute approximate surface area is 268 Å². The lowest BCUT2D eigenvalue weighted by molar-refractivity contribution is 0.667. The molecule has 0 aliphatic rings. The van der Waals surface area contributed by atoms with Crippen LogP contribution in [0.4, 0.5) is 0 Å². The van der Waals surface area contributed by atoms with Crippen LogP contribution in [0, 0.1) is 0 Å². The number of fused-ring (bicyclic) bond motifs is 9. The maximum Gasteiger partial charge on any atom is 0.164 e. The molecule has 0 fully saturated rings. The molecule has 5 nitrogen and oxygen atoms in total. The Bertz CT molecular complexity index is 2870. The fourth-order valence-electron chi connectivity index (χ4n) is 6.92. The fraction of sp³-hybridized carbons (Fsp3) is 0. The number of hydrogen-bond acceptors (Lipinski definition) is 5. The minimum atomic E-state index is 0.624. The van der Waals surface area contributed by atoms with Crippen molar-refractivity contribution in [3.8, 4) is 34.2 Å². The summed E-state index contributed by atoms with van der Waals surface area (Å²) in [5, 5.41) is 11.3. The van der Waals surface area contributed by atoms with Crippen LogP contribution in [0.1, 0.15) is 0 Å². The minimum Gasteiger partial charge on any atom is -0.454 e. The summed E-state index contributed by atoms with van der Waals surface area (Å²) in [5.74, 6) is 1.90. The summed E-state index contributed by atoms with van der Waals surface area (Å²) in [6, 6.07) is 46.5. The Morgan fingerprint density at radius 3 is 1.89 bits per heavy atom. The highest BCUT2D eigenvalue weighted by molar-refractivity contribution is 6.19. The van der Waals surface area contributed by atoms with Crippen molar-refractivity contribution in [2.24, 2.45) is 0 Å². The second-order valence-corrected chi connectivity index (χ2v) is 11.9. The van der Waals surface area contributed by atoms with Crippen LogP contribution in [0.15, 0.2) is 150 Å². The molecule has 0 amide bonds. The van der Waals surface area contributed by atoms with Crippen LogP contribution in [0.25, 0.3) is 99.2 Å². The van der Waals surface area contributed by atoms with Crippen LogP contribution in [0.3, 0.4) is 0 Å². The molecule has 0 spiro atoms. The van der Waals surface area contributed by atoms with Crippen molar-refractivity contribution < 1.29 is 4.42 Å². The lowest BCUT2D eigenvalue weighted by Crippen LogP contribution is -2.01. The molecule has 0 bridgehead atoms. The molecule has 10 rings (SSSR count). The lowest BCUT2D eigenvalue weighted by Gasteiger charge is -2.13. The van der Waals surface area contributed by atoms with Gasteiger partial charge in [0.2, 0.25) is 0 Å². The zero-order chi connectivity index (χ0) is 30.9. The predicted octanol–water partition coefficient (Wildman–Crippen LogP) is 10.8. The SMILES string of the molecule is c1ccc2cc(-c3nc(-c4ccc5c(ccc6oc7cnccc7c65)c4)nc(-c4cc5ccccc5c5ccccc45)n3)ccc2c1. The zero-order valence-electron chi connectivity index (χ0n) is 25.1. The lowest BCUT2D eigenvalue weighted by atomic mass is 9.96. The first-order chi connectivity index (χ1) is 23.3. The summed E-state index contributed by atoms with van der Waals surface area (Å²) in [6.45, 7) is 0. The number of furan rings is 1. The smallest absolute Gasteiger partial charge is 0.164 e. The van der Waals surface area contributed by atoms with Crippen LogP contribution >= 0.6 is 0 Å². The van der Waals surface area contributed by atoms with Gasteiger partial charge in [0.15, 0.2) is 23.1 Å². The average Bonchev–Trinajstić information content (AvgIpc) is 3.53. The van der Waals surface area contributed by atoms with Crippen molar-refractivity contribution in [1.29, 1.82) is 0 Å². The van der Waals surface area contributed by atoms with Crippen LogP contribution in [0.5, 0.6) is 0 Å². The average molecular weight is 601 g/mol. The van der Waals surface area contributed by atoms with E-state index in [-0.39, 0.29) is 0 Å². The highest BCUT2D eigenvalue weighted by atomic mass is 16.3. The molecule has 3 aromatic heterocycles. The van der Waals surface area contributed by atoms with E-state index in [0.717, 1.165) is 65.6 Å². The summed E-state index contributed by atoms with van der Waals surface area (Å²) >= 11 is 0. The molecular formula is C42H24N4O. The molecule has 0 saturated carbocycles. The normalized spacial score (nSPS) is 11.8. The van der Waals surface area contributed by atoms with E-state index in [1.54, 1.807) is 6.20 Å². The number of rotatable bonds is 3. The van der Waals surface area contributed by atoms with E-state index in [1.807, 2.05) is 18.3 Å². The van der Waals surface area contributed by atoms with Gasteiger partial charge in [-0.1, -0.05) is 103 Å². The first-order valence-electron chi connectivity index (χ1n) is 15.6. The van der Waals surface area contributed by atoms with Crippen LogP contribution in [-0.4, -0.2) is 19.9 Å². The van der Waals surface area contributed by atoms with Gasteiger partial charge in [0.1, 0.15) is 5.58 Å². The van der Waals surface area contributed by atoms with Crippen LogP contribution in [0.2, 0.25) is 0 Å². The number of nitrogens with zero attached hydrogens (tertiary/aromatic N) is 4. The Hall–Kier alpha value is -6.46. The molecular weight excluding hydrogens is 576 g/mol. The van der Waals surface area contributed by atoms with Gasteiger partial charge in [0, 0.05) is 33.7 Å². The second-order valence-electron chi connectivity index (χ2n) is 11.9. The molecule has 47 heavy (non-hydrogen) atoms. The fourth-order valence-corrected chi connectivity index (χ4v) is 6.92. The summed E-state index contributed by atoms with van der Waals surface area (Å²) in [7, 11) is 0. The van der Waals surface area contributed by atoms with E-state index in [0.29, 0.717) is 17.5 Å². The van der Waals surface area contributed by atoms with Crippen molar-refractivity contribution in [2.45, 2.75) is 0 Å². The number of benzene rings is 7. The van der Waals surface area contributed by atoms with Crippen molar-refractivity contribution in [2.75, 3.05) is 0 Å². The highest BCUT2D eigenvalue weighted by Crippen LogP contribution is 2.38. The van der Waals surface area contributed by atoms with Gasteiger partial charge in [-0.05, 0) is 73.4 Å². The van der Waals surface area contributed by atoms with Crippen molar-refractivity contribution in [1.82, 2.24) is 19.9 Å². The van der Waals surface area contributed by atoms with Gasteiger partial charge >= 0.3 is 0 Å². The molecule has 0 atom stereocenters. The minimum absolute atomic E-state index is 0.624. The van der Waals surface area contributed by atoms with Crippen molar-refractivity contribution in [3.63, 3.8) is 0 Å². The number of aromatic nitrogens is 4. The van der Waals surface area contributed by atoms with E-state index in [9.17, 15) is 0 Å². The summed E-state index contributed by atoms with van der Waals surface area (Å²) in [5.41, 5.74) is 4.47. The predicted molar refractivity (Wildman–Crippen MR) is 191 cm³/mol. The Morgan fingerprint density at radius 1 is 0.404 bits per heavy atom. The van der Waals surface area contributed by atoms with Crippen LogP contribution < -0.4 is 0 Å². The summed E-state index contributed by atoms with van der Waals surface area (Å²) in [6.07, 6.45) is 3.58. The number of hydrogen-bond donors (Lipinski definition) is 0. The second kappa shape index (κ2) is 10.0. The molecule has 0 N–H and O–H groups in total. The molecule has 3 heterocycles. The van der Waals surface area contributed by atoms with Gasteiger partial charge < -0.3 is 4.42 Å². The third kappa shape index (κ3) is 4.10. The Morgan fingerprint density at radius 2 is 1.04 bits per heavy atom. The first-order valence-corrected chi connectivity index (χ1v) is 15.6. The third-order valence-corrected chi connectivity index (χ3v) is 9.17. The third-order valence-electron chi connectivity index (χ3n) is 9.17. The molecule has 5 heteroatoms. The number of pyridine rings is 1. The molecule has 0 unspecified atom stereocenters. The molecule has 0 aliphatic heterocycles. The van der Waals surface area contributed by atoms with E-state index < -0.39 is 0 Å². The van der Waals surface area contributed by atoms with E-state index >= 15 is 0 Å². The summed E-state index contributed by atoms with van der Waals surface area (Å²) < 4.78 is 6.11. The van der Waals surface area contributed by atoms with E-state index in [1.165, 1.54) is 16.2 Å². The van der Waals surface area contributed by atoms with Crippen LogP contribution in [-0.2, 0) is 0 Å². The van der Waals surface area contributed by atoms with Crippen molar-refractivity contribution >= 4 is 65.0 Å². The first kappa shape index (κ1) is 25.8. The quantitative estimate of drug-likeness (QED) is 0.189. The monoisotopic (exact) mass is 600 g/mol. The van der Waals surface area contributed by atoms with Gasteiger partial charge in [-0.2, -0.15) is 0 Å². The standard InChI is InChI=1S/C42H24N4O/c1-2-8-26-21-29(14-13-25(26)7-1)40-44-41(30-15-17-32-28(22-30)16-18-37-39(32)35-19-20-43-24-38(35)47-37)46-42(45-40)36-23-27-9-3-4-10-31(27)33-11-5-6-12-34(33)36/h1-24H. The van der Waals surface area contributed by atoms with E-state index in [4.69, 9.17) is 19.4 Å². The van der Waals surface area contributed by atoms with Gasteiger partial charge in [0.25, 0.3) is 0 Å². The Balaban J connectivity index is 1.23. The van der Waals surface area contributed by atoms with Gasteiger partial charge in [-0.15, -0.1) is 0 Å². The van der Waals surface area contributed by atoms with E-state index in [2.05, 4.69) is 126 Å². The molecule has 7 aromatic carbocycles. The summed E-state index contributed by atoms with van der Waals surface area (Å²) in [4.78, 5) is 19.7. The molecule has 0 aliphatic carbocycles. The maximum absolute atomic E-state index is 6.11. The molecule has 0 radical (unpaired) electrons. The topological polar surface area (TPSA) is 64.7 Å². The van der Waals surface area contributed by atoms with Crippen molar-refractivity contribution in [3.05, 3.63) is 146 Å². The maximum atomic E-state index is 6.11. The molecule has 10 aromatic rings. The van der Waals surface area contributed by atoms with Gasteiger partial charge in [-0.3, -0.25) is 4.98 Å². The largest absolute Gasteiger partial charge is 0.454 e. The zero-order valence-corrected chi connectivity index (χ0v) is 25.1.